The first-order chi connectivity index (χ1) is 6.13. The van der Waals surface area contributed by atoms with Gasteiger partial charge in [0.05, 0.1) is 0 Å². The monoisotopic (exact) mass is 200 g/mol. The summed E-state index contributed by atoms with van der Waals surface area (Å²) >= 11 is 1.68. The number of hydrogen-bond acceptors (Lipinski definition) is 4. The number of aromatic nitrogens is 3. The highest BCUT2D eigenvalue weighted by atomic mass is 32.2. The van der Waals surface area contributed by atoms with Gasteiger partial charge in [0.2, 0.25) is 5.16 Å². The van der Waals surface area contributed by atoms with Crippen molar-refractivity contribution >= 4 is 11.8 Å². The minimum Gasteiger partial charge on any atom is -0.316 e. The number of nitrogens with zero attached hydrogens (tertiary/aromatic N) is 2. The topological polar surface area (TPSA) is 53.6 Å². The molecule has 0 spiro atoms. The van der Waals surface area contributed by atoms with Crippen molar-refractivity contribution < 1.29 is 0 Å². The minimum atomic E-state index is 0.462. The van der Waals surface area contributed by atoms with Gasteiger partial charge in [-0.25, -0.2) is 4.98 Å². The maximum Gasteiger partial charge on any atom is 0.208 e. The summed E-state index contributed by atoms with van der Waals surface area (Å²) in [6.45, 7) is 6.22. The summed E-state index contributed by atoms with van der Waals surface area (Å²) in [6.07, 6.45) is 0. The van der Waals surface area contributed by atoms with Gasteiger partial charge in [0.15, 0.2) is 0 Å². The van der Waals surface area contributed by atoms with Gasteiger partial charge in [0.25, 0.3) is 0 Å². The Morgan fingerprint density at radius 2 is 2.15 bits per heavy atom. The second-order valence-electron chi connectivity index (χ2n) is 3.10. The lowest BCUT2D eigenvalue weighted by Gasteiger charge is -2.16. The Morgan fingerprint density at radius 1 is 1.46 bits per heavy atom. The van der Waals surface area contributed by atoms with Gasteiger partial charge in [0, 0.05) is 11.3 Å². The molecule has 1 aromatic heterocycles. The van der Waals surface area contributed by atoms with Gasteiger partial charge in [-0.15, -0.1) is 5.10 Å². The fourth-order valence-electron chi connectivity index (χ4n) is 0.878. The Bertz CT molecular complexity index is 260. The van der Waals surface area contributed by atoms with Crippen molar-refractivity contribution in [1.82, 2.24) is 20.5 Å². The number of thioether (sulfide) groups is 1. The summed E-state index contributed by atoms with van der Waals surface area (Å²) in [5.74, 6) is 0.867. The molecule has 0 fully saturated rings. The Balaban J connectivity index is 2.49. The van der Waals surface area contributed by atoms with Crippen molar-refractivity contribution in [2.75, 3.05) is 7.05 Å². The van der Waals surface area contributed by atoms with E-state index in [1.165, 1.54) is 0 Å². The molecule has 0 amide bonds. The number of hydrogen-bond donors (Lipinski definition) is 2. The molecule has 4 nitrogen and oxygen atoms in total. The Hall–Kier alpha value is -0.550. The number of rotatable bonds is 4. The molecule has 1 heterocycles. The number of aryl methyl sites for hydroxylation is 1. The van der Waals surface area contributed by atoms with Crippen LogP contribution in [0.3, 0.4) is 0 Å². The molecule has 0 aliphatic heterocycles. The van der Waals surface area contributed by atoms with E-state index in [1.807, 2.05) is 14.0 Å². The molecule has 1 rings (SSSR count). The number of nitrogens with one attached hydrogen (secondary N) is 2. The molecule has 0 saturated heterocycles. The van der Waals surface area contributed by atoms with Crippen LogP contribution in [-0.2, 0) is 0 Å². The van der Waals surface area contributed by atoms with Crippen LogP contribution in [0.1, 0.15) is 19.7 Å². The van der Waals surface area contributed by atoms with E-state index in [0.29, 0.717) is 11.3 Å². The number of aromatic amines is 1. The summed E-state index contributed by atoms with van der Waals surface area (Å²) in [5, 5.41) is 11.4. The molecule has 5 heteroatoms. The van der Waals surface area contributed by atoms with Gasteiger partial charge < -0.3 is 5.32 Å². The smallest absolute Gasteiger partial charge is 0.208 e. The Labute approximate surface area is 82.9 Å². The van der Waals surface area contributed by atoms with E-state index in [2.05, 4.69) is 34.3 Å². The molecule has 0 aliphatic carbocycles. The Morgan fingerprint density at radius 3 is 2.62 bits per heavy atom. The third kappa shape index (κ3) is 3.00. The maximum atomic E-state index is 4.24. The van der Waals surface area contributed by atoms with Crippen molar-refractivity contribution in [3.05, 3.63) is 5.82 Å². The zero-order valence-electron chi connectivity index (χ0n) is 8.46. The standard InChI is InChI=1S/C8H16N4S/c1-5(9-4)6(2)13-8-10-7(3)11-12-8/h5-6,9H,1-4H3,(H,10,11,12). The molecule has 74 valence electrons. The fourth-order valence-corrected chi connectivity index (χ4v) is 1.84. The van der Waals surface area contributed by atoms with E-state index in [4.69, 9.17) is 0 Å². The summed E-state index contributed by atoms with van der Waals surface area (Å²) < 4.78 is 0. The molecule has 13 heavy (non-hydrogen) atoms. The average molecular weight is 200 g/mol. The summed E-state index contributed by atoms with van der Waals surface area (Å²) in [5.41, 5.74) is 0. The van der Waals surface area contributed by atoms with Gasteiger partial charge in [0.1, 0.15) is 5.82 Å². The van der Waals surface area contributed by atoms with Gasteiger partial charge >= 0.3 is 0 Å². The van der Waals surface area contributed by atoms with Gasteiger partial charge in [-0.05, 0) is 20.9 Å². The SMILES string of the molecule is CNC(C)C(C)Sc1n[nH]c(C)n1. The molecule has 0 radical (unpaired) electrons. The predicted octanol–water partition coefficient (Wildman–Crippen LogP) is 1.20. The molecule has 0 aliphatic rings. The van der Waals surface area contributed by atoms with E-state index in [0.717, 1.165) is 11.0 Å². The first-order valence-corrected chi connectivity index (χ1v) is 5.24. The van der Waals surface area contributed by atoms with Crippen molar-refractivity contribution in [2.45, 2.75) is 37.2 Å². The molecule has 0 aromatic carbocycles. The van der Waals surface area contributed by atoms with Gasteiger partial charge in [-0.1, -0.05) is 18.7 Å². The average Bonchev–Trinajstić information content (AvgIpc) is 2.49. The van der Waals surface area contributed by atoms with E-state index in [-0.39, 0.29) is 0 Å². The van der Waals surface area contributed by atoms with Crippen LogP contribution < -0.4 is 5.32 Å². The van der Waals surface area contributed by atoms with Crippen LogP contribution in [0, 0.1) is 6.92 Å². The molecule has 1 aromatic rings. The van der Waals surface area contributed by atoms with Crippen molar-refractivity contribution in [3.63, 3.8) is 0 Å². The normalized spacial score (nSPS) is 15.7. The first kappa shape index (κ1) is 10.5. The summed E-state index contributed by atoms with van der Waals surface area (Å²) in [6, 6.07) is 0.462. The van der Waals surface area contributed by atoms with Crippen molar-refractivity contribution in [3.8, 4) is 0 Å². The zero-order chi connectivity index (χ0) is 9.84. The first-order valence-electron chi connectivity index (χ1n) is 4.36. The van der Waals surface area contributed by atoms with Crippen LogP contribution in [-0.4, -0.2) is 33.5 Å². The highest BCUT2D eigenvalue weighted by Gasteiger charge is 2.13. The van der Waals surface area contributed by atoms with Gasteiger partial charge in [-0.2, -0.15) is 0 Å². The third-order valence-electron chi connectivity index (χ3n) is 2.03. The molecule has 0 bridgehead atoms. The van der Waals surface area contributed by atoms with Crippen LogP contribution in [0.15, 0.2) is 5.16 Å². The van der Waals surface area contributed by atoms with Crippen molar-refractivity contribution in [2.24, 2.45) is 0 Å². The lowest BCUT2D eigenvalue weighted by atomic mass is 10.3. The van der Waals surface area contributed by atoms with E-state index >= 15 is 0 Å². The van der Waals surface area contributed by atoms with E-state index < -0.39 is 0 Å². The Kier molecular flexibility index (Phi) is 3.74. The summed E-state index contributed by atoms with van der Waals surface area (Å²) in [4.78, 5) is 4.24. The molecular formula is C8H16N4S. The van der Waals surface area contributed by atoms with Crippen LogP contribution in [0.4, 0.5) is 0 Å². The molecule has 2 atom stereocenters. The van der Waals surface area contributed by atoms with Crippen LogP contribution in [0.25, 0.3) is 0 Å². The second kappa shape index (κ2) is 4.62. The molecule has 2 unspecified atom stereocenters. The highest BCUT2D eigenvalue weighted by Crippen LogP contribution is 2.20. The lowest BCUT2D eigenvalue weighted by molar-refractivity contribution is 0.604. The molecule has 0 saturated carbocycles. The van der Waals surface area contributed by atoms with E-state index in [1.54, 1.807) is 11.8 Å². The summed E-state index contributed by atoms with van der Waals surface area (Å²) in [7, 11) is 1.96. The highest BCUT2D eigenvalue weighted by molar-refractivity contribution is 7.99. The minimum absolute atomic E-state index is 0.462. The molecule has 2 N–H and O–H groups in total. The largest absolute Gasteiger partial charge is 0.316 e. The predicted molar refractivity (Wildman–Crippen MR) is 55.0 cm³/mol. The van der Waals surface area contributed by atoms with Crippen LogP contribution in [0.5, 0.6) is 0 Å². The number of H-pyrrole nitrogens is 1. The quantitative estimate of drug-likeness (QED) is 0.717. The zero-order valence-corrected chi connectivity index (χ0v) is 9.27. The second-order valence-corrected chi connectivity index (χ2v) is 4.45. The van der Waals surface area contributed by atoms with E-state index in [9.17, 15) is 0 Å². The van der Waals surface area contributed by atoms with Crippen LogP contribution in [0.2, 0.25) is 0 Å². The van der Waals surface area contributed by atoms with Gasteiger partial charge in [-0.3, -0.25) is 5.10 Å². The lowest BCUT2D eigenvalue weighted by Crippen LogP contribution is -2.30. The third-order valence-corrected chi connectivity index (χ3v) is 3.20. The fraction of sp³-hybridized carbons (Fsp3) is 0.750. The van der Waals surface area contributed by atoms with Crippen molar-refractivity contribution in [1.29, 1.82) is 0 Å². The van der Waals surface area contributed by atoms with Crippen LogP contribution >= 0.6 is 11.8 Å². The molecular weight excluding hydrogens is 184 g/mol. The maximum absolute atomic E-state index is 4.24.